The Bertz CT molecular complexity index is 511. The first-order chi connectivity index (χ1) is 10.5. The van der Waals surface area contributed by atoms with Crippen LogP contribution in [0.5, 0.6) is 11.5 Å². The van der Waals surface area contributed by atoms with Crippen molar-refractivity contribution in [3.8, 4) is 11.5 Å². The number of benzene rings is 1. The molecule has 0 saturated carbocycles. The number of ether oxygens (including phenoxy) is 2. The maximum absolute atomic E-state index is 11.8. The molecule has 1 amide bonds. The highest BCUT2D eigenvalue weighted by atomic mass is 16.5. The Balaban J connectivity index is 2.51. The van der Waals surface area contributed by atoms with Gasteiger partial charge < -0.3 is 19.9 Å². The number of carboxylic acids is 1. The van der Waals surface area contributed by atoms with Crippen molar-refractivity contribution in [2.45, 2.75) is 26.7 Å². The zero-order valence-electron chi connectivity index (χ0n) is 13.2. The maximum atomic E-state index is 11.8. The fourth-order valence-electron chi connectivity index (χ4n) is 2.04. The molecule has 0 bridgehead atoms. The van der Waals surface area contributed by atoms with Crippen LogP contribution in [0.4, 0.5) is 0 Å². The SMILES string of the molecule is CCC(CC)(CNC(=O)COc1cccc(OC)c1)C(=O)O. The van der Waals surface area contributed by atoms with Gasteiger partial charge in [0.15, 0.2) is 6.61 Å². The van der Waals surface area contributed by atoms with E-state index in [9.17, 15) is 14.7 Å². The van der Waals surface area contributed by atoms with Crippen molar-refractivity contribution in [2.75, 3.05) is 20.3 Å². The van der Waals surface area contributed by atoms with Crippen LogP contribution in [0.1, 0.15) is 26.7 Å². The van der Waals surface area contributed by atoms with Gasteiger partial charge in [0.25, 0.3) is 5.91 Å². The molecule has 1 aromatic rings. The summed E-state index contributed by atoms with van der Waals surface area (Å²) in [6.45, 7) is 3.53. The average molecular weight is 309 g/mol. The van der Waals surface area contributed by atoms with Gasteiger partial charge in [-0.25, -0.2) is 0 Å². The van der Waals surface area contributed by atoms with E-state index in [1.54, 1.807) is 45.2 Å². The average Bonchev–Trinajstić information content (AvgIpc) is 2.54. The Morgan fingerprint density at radius 1 is 1.23 bits per heavy atom. The first-order valence-corrected chi connectivity index (χ1v) is 7.24. The van der Waals surface area contributed by atoms with Gasteiger partial charge >= 0.3 is 5.97 Å². The Kier molecular flexibility index (Phi) is 6.69. The van der Waals surface area contributed by atoms with Gasteiger partial charge in [0, 0.05) is 12.6 Å². The zero-order valence-corrected chi connectivity index (χ0v) is 13.2. The van der Waals surface area contributed by atoms with E-state index in [0.29, 0.717) is 24.3 Å². The summed E-state index contributed by atoms with van der Waals surface area (Å²) in [7, 11) is 1.55. The molecule has 0 heterocycles. The van der Waals surface area contributed by atoms with Crippen molar-refractivity contribution in [3.63, 3.8) is 0 Å². The van der Waals surface area contributed by atoms with E-state index >= 15 is 0 Å². The minimum atomic E-state index is -0.925. The van der Waals surface area contributed by atoms with Crippen molar-refractivity contribution in [1.29, 1.82) is 0 Å². The highest BCUT2D eigenvalue weighted by Crippen LogP contribution is 2.25. The monoisotopic (exact) mass is 309 g/mol. The van der Waals surface area contributed by atoms with Crippen molar-refractivity contribution >= 4 is 11.9 Å². The summed E-state index contributed by atoms with van der Waals surface area (Å²) in [5.74, 6) is -0.0911. The van der Waals surface area contributed by atoms with Crippen LogP contribution in [0.25, 0.3) is 0 Å². The number of aliphatic carboxylic acids is 1. The number of carbonyl (C=O) groups excluding carboxylic acids is 1. The minimum absolute atomic E-state index is 0.0929. The second kappa shape index (κ2) is 8.26. The Morgan fingerprint density at radius 2 is 1.86 bits per heavy atom. The Morgan fingerprint density at radius 3 is 2.41 bits per heavy atom. The molecule has 1 aromatic carbocycles. The largest absolute Gasteiger partial charge is 0.497 e. The number of carbonyl (C=O) groups is 2. The molecule has 1 rings (SSSR count). The highest BCUT2D eigenvalue weighted by molar-refractivity contribution is 5.80. The number of rotatable bonds is 9. The molecular weight excluding hydrogens is 286 g/mol. The first kappa shape index (κ1) is 17.8. The number of hydrogen-bond acceptors (Lipinski definition) is 4. The Hall–Kier alpha value is -2.24. The van der Waals surface area contributed by atoms with Gasteiger partial charge in [0.05, 0.1) is 12.5 Å². The molecule has 6 heteroatoms. The van der Waals surface area contributed by atoms with Gasteiger partial charge in [-0.05, 0) is 25.0 Å². The van der Waals surface area contributed by atoms with Crippen LogP contribution in [0.2, 0.25) is 0 Å². The summed E-state index contributed by atoms with van der Waals surface area (Å²) in [4.78, 5) is 23.2. The van der Waals surface area contributed by atoms with Gasteiger partial charge in [-0.3, -0.25) is 9.59 Å². The number of carboxylic acid groups (broad SMARTS) is 1. The summed E-state index contributed by atoms with van der Waals surface area (Å²) in [6, 6.07) is 6.93. The molecule has 2 N–H and O–H groups in total. The fourth-order valence-corrected chi connectivity index (χ4v) is 2.04. The molecule has 0 saturated heterocycles. The molecule has 0 unspecified atom stereocenters. The van der Waals surface area contributed by atoms with E-state index in [1.165, 1.54) is 0 Å². The van der Waals surface area contributed by atoms with Crippen molar-refractivity contribution in [2.24, 2.45) is 5.41 Å². The van der Waals surface area contributed by atoms with Crippen molar-refractivity contribution in [3.05, 3.63) is 24.3 Å². The second-order valence-electron chi connectivity index (χ2n) is 5.04. The molecular formula is C16H23NO5. The molecule has 0 radical (unpaired) electrons. The zero-order chi connectivity index (χ0) is 16.6. The lowest BCUT2D eigenvalue weighted by atomic mass is 9.82. The van der Waals surface area contributed by atoms with Crippen LogP contribution < -0.4 is 14.8 Å². The van der Waals surface area contributed by atoms with E-state index in [-0.39, 0.29) is 19.1 Å². The summed E-state index contributed by atoms with van der Waals surface area (Å²) in [6.07, 6.45) is 0.908. The predicted molar refractivity (Wildman–Crippen MR) is 82.1 cm³/mol. The van der Waals surface area contributed by atoms with Gasteiger partial charge in [0.1, 0.15) is 11.5 Å². The van der Waals surface area contributed by atoms with E-state index < -0.39 is 11.4 Å². The van der Waals surface area contributed by atoms with Crippen LogP contribution in [0.15, 0.2) is 24.3 Å². The highest BCUT2D eigenvalue weighted by Gasteiger charge is 2.35. The topological polar surface area (TPSA) is 84.9 Å². The molecule has 22 heavy (non-hydrogen) atoms. The Labute approximate surface area is 130 Å². The molecule has 0 fully saturated rings. The van der Waals surface area contributed by atoms with Crippen LogP contribution in [-0.4, -0.2) is 37.2 Å². The fraction of sp³-hybridized carbons (Fsp3) is 0.500. The quantitative estimate of drug-likeness (QED) is 0.729. The molecule has 0 aliphatic rings. The summed E-state index contributed by atoms with van der Waals surface area (Å²) in [5.41, 5.74) is -0.925. The van der Waals surface area contributed by atoms with Crippen molar-refractivity contribution in [1.82, 2.24) is 5.32 Å². The number of amides is 1. The molecule has 0 aromatic heterocycles. The van der Waals surface area contributed by atoms with E-state index in [4.69, 9.17) is 9.47 Å². The number of hydrogen-bond donors (Lipinski definition) is 2. The van der Waals surface area contributed by atoms with Gasteiger partial charge in [0.2, 0.25) is 0 Å². The normalized spacial score (nSPS) is 10.9. The van der Waals surface area contributed by atoms with Gasteiger partial charge in [-0.2, -0.15) is 0 Å². The molecule has 0 aliphatic carbocycles. The second-order valence-corrected chi connectivity index (χ2v) is 5.04. The van der Waals surface area contributed by atoms with Crippen LogP contribution in [0.3, 0.4) is 0 Å². The van der Waals surface area contributed by atoms with Gasteiger partial charge in [-0.15, -0.1) is 0 Å². The third-order valence-electron chi connectivity index (χ3n) is 3.84. The summed E-state index contributed by atoms with van der Waals surface area (Å²) in [5, 5.41) is 11.9. The predicted octanol–water partition coefficient (Wildman–Crippen LogP) is 2.08. The molecule has 0 spiro atoms. The lowest BCUT2D eigenvalue weighted by molar-refractivity contribution is -0.149. The summed E-state index contributed by atoms with van der Waals surface area (Å²) >= 11 is 0. The lowest BCUT2D eigenvalue weighted by Gasteiger charge is -2.26. The number of methoxy groups -OCH3 is 1. The standard InChI is InChI=1S/C16H23NO5/c1-4-16(5-2,15(19)20)11-17-14(18)10-22-13-8-6-7-12(9-13)21-3/h6-9H,4-5,10-11H2,1-3H3,(H,17,18)(H,19,20). The molecule has 6 nitrogen and oxygen atoms in total. The smallest absolute Gasteiger partial charge is 0.311 e. The molecule has 0 atom stereocenters. The first-order valence-electron chi connectivity index (χ1n) is 7.24. The lowest BCUT2D eigenvalue weighted by Crippen LogP contribution is -2.43. The molecule has 0 aliphatic heterocycles. The van der Waals surface area contributed by atoms with Crippen molar-refractivity contribution < 1.29 is 24.2 Å². The molecule has 122 valence electrons. The van der Waals surface area contributed by atoms with Crippen LogP contribution >= 0.6 is 0 Å². The van der Waals surface area contributed by atoms with E-state index in [1.807, 2.05) is 0 Å². The third-order valence-corrected chi connectivity index (χ3v) is 3.84. The maximum Gasteiger partial charge on any atom is 0.311 e. The van der Waals surface area contributed by atoms with Crippen LogP contribution in [0, 0.1) is 5.41 Å². The minimum Gasteiger partial charge on any atom is -0.497 e. The number of nitrogens with one attached hydrogen (secondary N) is 1. The van der Waals surface area contributed by atoms with Crippen LogP contribution in [-0.2, 0) is 9.59 Å². The van der Waals surface area contributed by atoms with E-state index in [0.717, 1.165) is 0 Å². The van der Waals surface area contributed by atoms with Gasteiger partial charge in [-0.1, -0.05) is 19.9 Å². The van der Waals surface area contributed by atoms with E-state index in [2.05, 4.69) is 5.32 Å². The third kappa shape index (κ3) is 4.65. The summed E-state index contributed by atoms with van der Waals surface area (Å²) < 4.78 is 10.4.